The highest BCUT2D eigenvalue weighted by atomic mass is 35.5. The van der Waals surface area contributed by atoms with Crippen molar-refractivity contribution in [1.29, 1.82) is 0 Å². The Labute approximate surface area is 146 Å². The molecule has 0 aromatic carbocycles. The first kappa shape index (κ1) is 17.0. The first-order chi connectivity index (χ1) is 11.3. The van der Waals surface area contributed by atoms with Gasteiger partial charge < -0.3 is 9.64 Å². The van der Waals surface area contributed by atoms with E-state index in [1.54, 1.807) is 26.5 Å². The number of carbonyl (C=O) groups excluding carboxylic acids is 1. The van der Waals surface area contributed by atoms with Crippen LogP contribution in [0.5, 0.6) is 0 Å². The van der Waals surface area contributed by atoms with E-state index in [1.165, 1.54) is 0 Å². The number of hydrogen-bond donors (Lipinski definition) is 0. The van der Waals surface area contributed by atoms with Crippen molar-refractivity contribution in [1.82, 2.24) is 24.5 Å². The Morgan fingerprint density at radius 1 is 1.29 bits per heavy atom. The standard InChI is InChI=1S/C16H22ClN5O2/c1-10-7-20(8-11(2)24-10)16(23)14-5-6-21(19-14)9-22-13(4)15(17)12(3)18-22/h5-6,10-11H,7-9H2,1-4H3/t10-,11+. The molecule has 24 heavy (non-hydrogen) atoms. The van der Waals surface area contributed by atoms with E-state index >= 15 is 0 Å². The van der Waals surface area contributed by atoms with Crippen LogP contribution in [0, 0.1) is 13.8 Å². The van der Waals surface area contributed by atoms with Crippen molar-refractivity contribution in [2.75, 3.05) is 13.1 Å². The number of hydrogen-bond acceptors (Lipinski definition) is 4. The van der Waals surface area contributed by atoms with Crippen LogP contribution < -0.4 is 0 Å². The fourth-order valence-electron chi connectivity index (χ4n) is 3.01. The number of carbonyl (C=O) groups is 1. The molecule has 0 bridgehead atoms. The van der Waals surface area contributed by atoms with Crippen molar-refractivity contribution in [3.05, 3.63) is 34.4 Å². The van der Waals surface area contributed by atoms with Crippen LogP contribution in [0.25, 0.3) is 0 Å². The fraction of sp³-hybridized carbons (Fsp3) is 0.562. The molecule has 0 unspecified atom stereocenters. The summed E-state index contributed by atoms with van der Waals surface area (Å²) < 4.78 is 9.14. The monoisotopic (exact) mass is 351 g/mol. The van der Waals surface area contributed by atoms with Crippen LogP contribution in [0.1, 0.15) is 35.7 Å². The highest BCUT2D eigenvalue weighted by Gasteiger charge is 2.27. The molecule has 0 N–H and O–H groups in total. The van der Waals surface area contributed by atoms with Crippen LogP contribution in [-0.2, 0) is 11.4 Å². The smallest absolute Gasteiger partial charge is 0.274 e. The molecule has 1 fully saturated rings. The molecule has 3 rings (SSSR count). The van der Waals surface area contributed by atoms with Gasteiger partial charge in [-0.2, -0.15) is 10.2 Å². The van der Waals surface area contributed by atoms with Gasteiger partial charge >= 0.3 is 0 Å². The van der Waals surface area contributed by atoms with E-state index in [9.17, 15) is 4.79 Å². The van der Waals surface area contributed by atoms with Crippen LogP contribution >= 0.6 is 11.6 Å². The van der Waals surface area contributed by atoms with Crippen molar-refractivity contribution >= 4 is 17.5 Å². The van der Waals surface area contributed by atoms with E-state index in [0.717, 1.165) is 11.4 Å². The van der Waals surface area contributed by atoms with Gasteiger partial charge in [0.2, 0.25) is 0 Å². The van der Waals surface area contributed by atoms with Gasteiger partial charge in [0.15, 0.2) is 0 Å². The quantitative estimate of drug-likeness (QED) is 0.849. The zero-order chi connectivity index (χ0) is 17.4. The molecule has 8 heteroatoms. The van der Waals surface area contributed by atoms with Gasteiger partial charge in [0.1, 0.15) is 12.4 Å². The minimum absolute atomic E-state index is 0.0385. The summed E-state index contributed by atoms with van der Waals surface area (Å²) in [5.41, 5.74) is 2.10. The molecule has 2 aromatic heterocycles. The number of ether oxygens (including phenoxy) is 1. The first-order valence-corrected chi connectivity index (χ1v) is 8.40. The predicted octanol–water partition coefficient (Wildman–Crippen LogP) is 2.11. The van der Waals surface area contributed by atoms with Gasteiger partial charge in [0.05, 0.1) is 28.6 Å². The second-order valence-electron chi connectivity index (χ2n) is 6.33. The molecule has 1 aliphatic rings. The van der Waals surface area contributed by atoms with Crippen molar-refractivity contribution < 1.29 is 9.53 Å². The molecule has 7 nitrogen and oxygen atoms in total. The first-order valence-electron chi connectivity index (χ1n) is 8.03. The molecule has 1 saturated heterocycles. The van der Waals surface area contributed by atoms with Crippen LogP contribution in [0.3, 0.4) is 0 Å². The average Bonchev–Trinajstić information content (AvgIpc) is 3.07. The second-order valence-corrected chi connectivity index (χ2v) is 6.71. The molecular formula is C16H22ClN5O2. The lowest BCUT2D eigenvalue weighted by Crippen LogP contribution is -2.48. The van der Waals surface area contributed by atoms with Crippen molar-refractivity contribution in [2.24, 2.45) is 0 Å². The third-order valence-electron chi connectivity index (χ3n) is 4.14. The highest BCUT2D eigenvalue weighted by Crippen LogP contribution is 2.19. The number of nitrogens with zero attached hydrogens (tertiary/aromatic N) is 5. The topological polar surface area (TPSA) is 65.2 Å². The normalized spacial score (nSPS) is 21.3. The van der Waals surface area contributed by atoms with Gasteiger partial charge in [-0.15, -0.1) is 0 Å². The summed E-state index contributed by atoms with van der Waals surface area (Å²) in [6.07, 6.45) is 1.86. The van der Waals surface area contributed by atoms with Gasteiger partial charge in [-0.25, -0.2) is 4.68 Å². The Kier molecular flexibility index (Phi) is 4.64. The third kappa shape index (κ3) is 3.32. The van der Waals surface area contributed by atoms with E-state index in [0.29, 0.717) is 30.5 Å². The summed E-state index contributed by atoms with van der Waals surface area (Å²) in [7, 11) is 0. The van der Waals surface area contributed by atoms with Crippen molar-refractivity contribution in [2.45, 2.75) is 46.6 Å². The summed E-state index contributed by atoms with van der Waals surface area (Å²) >= 11 is 6.16. The van der Waals surface area contributed by atoms with Crippen LogP contribution in [0.2, 0.25) is 5.02 Å². The molecule has 2 atom stereocenters. The summed E-state index contributed by atoms with van der Waals surface area (Å²) in [5.74, 6) is -0.0675. The van der Waals surface area contributed by atoms with E-state index in [4.69, 9.17) is 16.3 Å². The Balaban J connectivity index is 1.73. The number of rotatable bonds is 3. The minimum atomic E-state index is -0.0675. The zero-order valence-corrected chi connectivity index (χ0v) is 15.1. The van der Waals surface area contributed by atoms with Crippen LogP contribution in [0.15, 0.2) is 12.3 Å². The fourth-order valence-corrected chi connectivity index (χ4v) is 3.15. The Bertz CT molecular complexity index is 744. The number of amides is 1. The average molecular weight is 352 g/mol. The molecule has 2 aromatic rings. The van der Waals surface area contributed by atoms with Crippen molar-refractivity contribution in [3.63, 3.8) is 0 Å². The van der Waals surface area contributed by atoms with Gasteiger partial charge in [-0.05, 0) is 33.8 Å². The second kappa shape index (κ2) is 6.57. The summed E-state index contributed by atoms with van der Waals surface area (Å²) in [5, 5.41) is 9.43. The summed E-state index contributed by atoms with van der Waals surface area (Å²) in [6.45, 7) is 9.32. The van der Waals surface area contributed by atoms with Crippen LogP contribution in [-0.4, -0.2) is 55.7 Å². The Morgan fingerprint density at radius 3 is 2.54 bits per heavy atom. The number of aryl methyl sites for hydroxylation is 1. The van der Waals surface area contributed by atoms with E-state index < -0.39 is 0 Å². The maximum absolute atomic E-state index is 12.6. The van der Waals surface area contributed by atoms with Gasteiger partial charge in [-0.1, -0.05) is 11.6 Å². The van der Waals surface area contributed by atoms with Gasteiger partial charge in [0, 0.05) is 19.3 Å². The molecule has 0 saturated carbocycles. The summed E-state index contributed by atoms with van der Waals surface area (Å²) in [6, 6.07) is 1.74. The predicted molar refractivity (Wildman–Crippen MR) is 90.2 cm³/mol. The molecule has 0 aliphatic carbocycles. The molecule has 0 radical (unpaired) electrons. The molecule has 130 valence electrons. The number of aromatic nitrogens is 4. The Hall–Kier alpha value is -1.86. The van der Waals surface area contributed by atoms with Crippen LogP contribution in [0.4, 0.5) is 0 Å². The van der Waals surface area contributed by atoms with E-state index in [2.05, 4.69) is 10.2 Å². The number of halogens is 1. The van der Waals surface area contributed by atoms with E-state index in [-0.39, 0.29) is 18.1 Å². The zero-order valence-electron chi connectivity index (χ0n) is 14.4. The molecular weight excluding hydrogens is 330 g/mol. The molecule has 0 spiro atoms. The third-order valence-corrected chi connectivity index (χ3v) is 4.69. The molecule has 1 amide bonds. The van der Waals surface area contributed by atoms with E-state index in [1.807, 2.05) is 27.7 Å². The lowest BCUT2D eigenvalue weighted by atomic mass is 10.2. The maximum Gasteiger partial charge on any atom is 0.274 e. The molecule has 1 aliphatic heterocycles. The Morgan fingerprint density at radius 2 is 1.96 bits per heavy atom. The number of morpholine rings is 1. The SMILES string of the molecule is Cc1nn(Cn2ccc(C(=O)N3C[C@@H](C)O[C@@H](C)C3)n2)c(C)c1Cl. The highest BCUT2D eigenvalue weighted by molar-refractivity contribution is 6.31. The lowest BCUT2D eigenvalue weighted by Gasteiger charge is -2.34. The van der Waals surface area contributed by atoms with Crippen molar-refractivity contribution in [3.8, 4) is 0 Å². The lowest BCUT2D eigenvalue weighted by molar-refractivity contribution is -0.0587. The summed E-state index contributed by atoms with van der Waals surface area (Å²) in [4.78, 5) is 14.4. The largest absolute Gasteiger partial charge is 0.372 e. The molecule has 3 heterocycles. The van der Waals surface area contributed by atoms with Gasteiger partial charge in [0.25, 0.3) is 5.91 Å². The minimum Gasteiger partial charge on any atom is -0.372 e. The van der Waals surface area contributed by atoms with Gasteiger partial charge in [-0.3, -0.25) is 9.48 Å². The maximum atomic E-state index is 12.6.